The van der Waals surface area contributed by atoms with Gasteiger partial charge in [0.05, 0.1) is 17.6 Å². The Hall–Kier alpha value is -1.62. The first-order valence-corrected chi connectivity index (χ1v) is 5.10. The molecule has 1 heterocycles. The van der Waals surface area contributed by atoms with Crippen LogP contribution in [0.2, 0.25) is 0 Å². The molecule has 0 aliphatic heterocycles. The van der Waals surface area contributed by atoms with Crippen LogP contribution in [0.5, 0.6) is 0 Å². The number of aromatic nitrogens is 2. The summed E-state index contributed by atoms with van der Waals surface area (Å²) in [5, 5.41) is 0. The summed E-state index contributed by atoms with van der Waals surface area (Å²) >= 11 is 3.43. The Morgan fingerprint density at radius 1 is 1.13 bits per heavy atom. The van der Waals surface area contributed by atoms with Crippen molar-refractivity contribution in [1.82, 2.24) is 9.97 Å². The van der Waals surface area contributed by atoms with Crippen LogP contribution in [-0.2, 0) is 0 Å². The van der Waals surface area contributed by atoms with E-state index in [1.54, 1.807) is 0 Å². The van der Waals surface area contributed by atoms with E-state index in [1.807, 2.05) is 24.3 Å². The number of benzene rings is 1. The predicted molar refractivity (Wildman–Crippen MR) is 64.0 cm³/mol. The second-order valence-corrected chi connectivity index (χ2v) is 3.87. The zero-order valence-corrected chi connectivity index (χ0v) is 9.40. The number of rotatable bonds is 1. The average Bonchev–Trinajstić information content (AvgIpc) is 2.23. The summed E-state index contributed by atoms with van der Waals surface area (Å²) in [4.78, 5) is 7.94. The van der Waals surface area contributed by atoms with Gasteiger partial charge in [-0.25, -0.2) is 9.97 Å². The summed E-state index contributed by atoms with van der Waals surface area (Å²) in [7, 11) is 0. The van der Waals surface area contributed by atoms with Gasteiger partial charge < -0.3 is 11.5 Å². The van der Waals surface area contributed by atoms with Gasteiger partial charge in [0.25, 0.3) is 0 Å². The van der Waals surface area contributed by atoms with Crippen LogP contribution in [-0.4, -0.2) is 9.97 Å². The van der Waals surface area contributed by atoms with Crippen LogP contribution < -0.4 is 11.5 Å². The molecule has 0 saturated carbocycles. The fourth-order valence-electron chi connectivity index (χ4n) is 1.27. The highest BCUT2D eigenvalue weighted by molar-refractivity contribution is 9.10. The van der Waals surface area contributed by atoms with Gasteiger partial charge >= 0.3 is 0 Å². The highest BCUT2D eigenvalue weighted by atomic mass is 79.9. The van der Waals surface area contributed by atoms with Gasteiger partial charge in [-0.2, -0.15) is 0 Å². The Balaban J connectivity index is 2.64. The molecule has 0 aliphatic carbocycles. The van der Waals surface area contributed by atoms with Crippen LogP contribution in [0.4, 0.5) is 11.6 Å². The van der Waals surface area contributed by atoms with E-state index in [4.69, 9.17) is 11.5 Å². The molecule has 76 valence electrons. The fourth-order valence-corrected chi connectivity index (χ4v) is 1.75. The first kappa shape index (κ1) is 9.92. The molecular formula is C10H9BrN4. The fraction of sp³-hybridized carbons (Fsp3) is 0. The van der Waals surface area contributed by atoms with E-state index >= 15 is 0 Å². The third kappa shape index (κ3) is 1.92. The molecule has 0 fully saturated rings. The van der Waals surface area contributed by atoms with Crippen molar-refractivity contribution in [2.24, 2.45) is 0 Å². The van der Waals surface area contributed by atoms with Crippen molar-refractivity contribution in [2.45, 2.75) is 0 Å². The number of halogens is 1. The predicted octanol–water partition coefficient (Wildman–Crippen LogP) is 2.07. The largest absolute Gasteiger partial charge is 0.396 e. The first-order chi connectivity index (χ1) is 7.18. The Morgan fingerprint density at radius 2 is 1.87 bits per heavy atom. The zero-order chi connectivity index (χ0) is 10.8. The summed E-state index contributed by atoms with van der Waals surface area (Å²) in [5.41, 5.74) is 13.4. The molecular weight excluding hydrogens is 256 g/mol. The van der Waals surface area contributed by atoms with Crippen molar-refractivity contribution < 1.29 is 0 Å². The summed E-state index contributed by atoms with van der Waals surface area (Å²) < 4.78 is 0.926. The quantitative estimate of drug-likeness (QED) is 0.827. The Kier molecular flexibility index (Phi) is 2.55. The molecule has 0 spiro atoms. The molecule has 15 heavy (non-hydrogen) atoms. The maximum Gasteiger partial charge on any atom is 0.220 e. The van der Waals surface area contributed by atoms with E-state index in [0.29, 0.717) is 11.4 Å². The topological polar surface area (TPSA) is 77.8 Å². The van der Waals surface area contributed by atoms with E-state index in [-0.39, 0.29) is 5.95 Å². The molecule has 0 atom stereocenters. The van der Waals surface area contributed by atoms with Crippen LogP contribution in [0, 0.1) is 0 Å². The number of nitrogen functional groups attached to an aromatic ring is 2. The maximum atomic E-state index is 5.79. The van der Waals surface area contributed by atoms with E-state index < -0.39 is 0 Å². The summed E-state index contributed by atoms with van der Waals surface area (Å²) in [6.07, 6.45) is 1.51. The van der Waals surface area contributed by atoms with Crippen LogP contribution in [0.1, 0.15) is 0 Å². The van der Waals surface area contributed by atoms with Crippen molar-refractivity contribution in [1.29, 1.82) is 0 Å². The van der Waals surface area contributed by atoms with Crippen LogP contribution in [0.15, 0.2) is 34.9 Å². The number of hydrogen-bond donors (Lipinski definition) is 2. The standard InChI is InChI=1S/C10H9BrN4/c11-7-4-2-1-3-6(7)9-8(12)5-14-10(13)15-9/h1-5H,12H2,(H2,13,14,15). The van der Waals surface area contributed by atoms with E-state index in [1.165, 1.54) is 6.20 Å². The monoisotopic (exact) mass is 264 g/mol. The Labute approximate surface area is 95.5 Å². The number of nitrogens with two attached hydrogens (primary N) is 2. The molecule has 1 aromatic heterocycles. The smallest absolute Gasteiger partial charge is 0.220 e. The Morgan fingerprint density at radius 3 is 2.60 bits per heavy atom. The lowest BCUT2D eigenvalue weighted by atomic mass is 10.1. The van der Waals surface area contributed by atoms with Crippen LogP contribution >= 0.6 is 15.9 Å². The molecule has 4 N–H and O–H groups in total. The van der Waals surface area contributed by atoms with Gasteiger partial charge in [-0.15, -0.1) is 0 Å². The van der Waals surface area contributed by atoms with Gasteiger partial charge in [-0.05, 0) is 6.07 Å². The highest BCUT2D eigenvalue weighted by Crippen LogP contribution is 2.30. The van der Waals surface area contributed by atoms with Gasteiger partial charge in [-0.1, -0.05) is 34.1 Å². The third-order valence-electron chi connectivity index (χ3n) is 1.96. The van der Waals surface area contributed by atoms with E-state index in [2.05, 4.69) is 25.9 Å². The van der Waals surface area contributed by atoms with Gasteiger partial charge in [0.2, 0.25) is 5.95 Å². The molecule has 0 bridgehead atoms. The third-order valence-corrected chi connectivity index (χ3v) is 2.66. The minimum Gasteiger partial charge on any atom is -0.396 e. The number of hydrogen-bond acceptors (Lipinski definition) is 4. The van der Waals surface area contributed by atoms with Crippen molar-refractivity contribution in [3.05, 3.63) is 34.9 Å². The van der Waals surface area contributed by atoms with E-state index in [0.717, 1.165) is 10.0 Å². The van der Waals surface area contributed by atoms with Crippen LogP contribution in [0.3, 0.4) is 0 Å². The second kappa shape index (κ2) is 3.86. The molecule has 2 aromatic rings. The molecule has 1 aromatic carbocycles. The van der Waals surface area contributed by atoms with Crippen molar-refractivity contribution >= 4 is 27.6 Å². The molecule has 0 aliphatic rings. The van der Waals surface area contributed by atoms with Gasteiger partial charge in [0, 0.05) is 10.0 Å². The second-order valence-electron chi connectivity index (χ2n) is 3.01. The summed E-state index contributed by atoms with van der Waals surface area (Å²) in [5.74, 6) is 0.218. The van der Waals surface area contributed by atoms with Crippen molar-refractivity contribution in [2.75, 3.05) is 11.5 Å². The zero-order valence-electron chi connectivity index (χ0n) is 7.81. The number of nitrogens with zero attached hydrogens (tertiary/aromatic N) is 2. The molecule has 2 rings (SSSR count). The first-order valence-electron chi connectivity index (χ1n) is 4.31. The van der Waals surface area contributed by atoms with Gasteiger partial charge in [0.1, 0.15) is 0 Å². The normalized spacial score (nSPS) is 10.2. The summed E-state index contributed by atoms with van der Waals surface area (Å²) in [6.45, 7) is 0. The lowest BCUT2D eigenvalue weighted by Gasteiger charge is -2.06. The van der Waals surface area contributed by atoms with Crippen molar-refractivity contribution in [3.8, 4) is 11.3 Å². The molecule has 0 radical (unpaired) electrons. The minimum atomic E-state index is 0.218. The lowest BCUT2D eigenvalue weighted by Crippen LogP contribution is -2.00. The molecule has 0 unspecified atom stereocenters. The van der Waals surface area contributed by atoms with E-state index in [9.17, 15) is 0 Å². The molecule has 4 nitrogen and oxygen atoms in total. The van der Waals surface area contributed by atoms with Crippen molar-refractivity contribution in [3.63, 3.8) is 0 Å². The van der Waals surface area contributed by atoms with Crippen LogP contribution in [0.25, 0.3) is 11.3 Å². The molecule has 0 amide bonds. The lowest BCUT2D eigenvalue weighted by molar-refractivity contribution is 1.19. The average molecular weight is 265 g/mol. The number of anilines is 2. The molecule has 0 saturated heterocycles. The molecule has 5 heteroatoms. The minimum absolute atomic E-state index is 0.218. The van der Waals surface area contributed by atoms with Gasteiger partial charge in [0.15, 0.2) is 0 Å². The Bertz CT molecular complexity index is 499. The maximum absolute atomic E-state index is 5.79. The SMILES string of the molecule is Nc1ncc(N)c(-c2ccccc2Br)n1. The highest BCUT2D eigenvalue weighted by Gasteiger charge is 2.08. The summed E-state index contributed by atoms with van der Waals surface area (Å²) in [6, 6.07) is 7.68. The van der Waals surface area contributed by atoms with Gasteiger partial charge in [-0.3, -0.25) is 0 Å².